The summed E-state index contributed by atoms with van der Waals surface area (Å²) in [5.74, 6) is 0.582. The monoisotopic (exact) mass is 360 g/mol. The molecule has 0 N–H and O–H groups in total. The first-order valence-electron chi connectivity index (χ1n) is 8.98. The topological polar surface area (TPSA) is 24.8 Å². The van der Waals surface area contributed by atoms with Gasteiger partial charge in [0.2, 0.25) is 0 Å². The molecule has 3 aromatic rings. The van der Waals surface area contributed by atoms with E-state index in [4.69, 9.17) is 9.73 Å². The maximum atomic E-state index is 13.4. The molecule has 136 valence electrons. The highest BCUT2D eigenvalue weighted by atomic mass is 19.1. The smallest absolute Gasteiger partial charge is 0.148 e. The summed E-state index contributed by atoms with van der Waals surface area (Å²) in [7, 11) is 1.66. The first-order chi connectivity index (χ1) is 13.2. The Morgan fingerprint density at radius 1 is 0.889 bits per heavy atom. The minimum absolute atomic E-state index is 0.0501. The van der Waals surface area contributed by atoms with Gasteiger partial charge in [0.15, 0.2) is 0 Å². The molecule has 4 rings (SSSR count). The zero-order chi connectivity index (χ0) is 18.8. The molecule has 4 heteroatoms. The fourth-order valence-corrected chi connectivity index (χ4v) is 3.56. The lowest BCUT2D eigenvalue weighted by Gasteiger charge is -2.30. The van der Waals surface area contributed by atoms with Crippen LogP contribution in [0.1, 0.15) is 24.2 Å². The van der Waals surface area contributed by atoms with Crippen LogP contribution in [0.2, 0.25) is 0 Å². The van der Waals surface area contributed by atoms with Gasteiger partial charge in [0.1, 0.15) is 17.7 Å². The van der Waals surface area contributed by atoms with E-state index in [1.807, 2.05) is 42.5 Å². The van der Waals surface area contributed by atoms with E-state index in [1.165, 1.54) is 12.1 Å². The summed E-state index contributed by atoms with van der Waals surface area (Å²) in [5, 5.41) is 0. The Bertz CT molecular complexity index is 936. The Balaban J connectivity index is 1.77. The van der Waals surface area contributed by atoms with Gasteiger partial charge in [0.05, 0.1) is 18.9 Å². The van der Waals surface area contributed by atoms with Crippen LogP contribution >= 0.6 is 0 Å². The first kappa shape index (κ1) is 17.3. The molecule has 0 saturated carbocycles. The first-order valence-corrected chi connectivity index (χ1v) is 8.98. The summed E-state index contributed by atoms with van der Waals surface area (Å²) in [6.45, 7) is 2.13. The van der Waals surface area contributed by atoms with Gasteiger partial charge in [0.25, 0.3) is 0 Å². The molecule has 0 bridgehead atoms. The molecule has 1 aliphatic rings. The van der Waals surface area contributed by atoms with E-state index < -0.39 is 0 Å². The lowest BCUT2D eigenvalue weighted by molar-refractivity contribution is 0.414. The molecule has 0 aliphatic carbocycles. The Morgan fingerprint density at radius 2 is 1.56 bits per heavy atom. The van der Waals surface area contributed by atoms with Crippen molar-refractivity contribution in [1.29, 1.82) is 0 Å². The maximum absolute atomic E-state index is 13.4. The van der Waals surface area contributed by atoms with E-state index in [2.05, 4.69) is 24.0 Å². The predicted octanol–water partition coefficient (Wildman–Crippen LogP) is 5.23. The third kappa shape index (κ3) is 3.31. The van der Waals surface area contributed by atoms with Crippen LogP contribution in [0, 0.1) is 5.82 Å². The van der Waals surface area contributed by atoms with Gasteiger partial charge in [-0.2, -0.15) is 0 Å². The van der Waals surface area contributed by atoms with Gasteiger partial charge in [-0.3, -0.25) is 4.99 Å². The van der Waals surface area contributed by atoms with Gasteiger partial charge >= 0.3 is 0 Å². The van der Waals surface area contributed by atoms with E-state index in [0.29, 0.717) is 0 Å². The Kier molecular flexibility index (Phi) is 4.63. The van der Waals surface area contributed by atoms with Crippen molar-refractivity contribution in [3.8, 4) is 5.75 Å². The molecule has 2 unspecified atom stereocenters. The molecular weight excluding hydrogens is 339 g/mol. The van der Waals surface area contributed by atoms with Gasteiger partial charge in [-0.1, -0.05) is 42.5 Å². The van der Waals surface area contributed by atoms with E-state index in [0.717, 1.165) is 28.3 Å². The number of aliphatic imine (C=N–C) groups is 1. The molecule has 3 aromatic carbocycles. The average Bonchev–Trinajstić information content (AvgIpc) is 3.06. The van der Waals surface area contributed by atoms with Crippen molar-refractivity contribution < 1.29 is 9.13 Å². The second kappa shape index (κ2) is 7.23. The van der Waals surface area contributed by atoms with Crippen LogP contribution in [-0.2, 0) is 0 Å². The van der Waals surface area contributed by atoms with Crippen LogP contribution in [0.4, 0.5) is 10.1 Å². The number of benzene rings is 3. The van der Waals surface area contributed by atoms with E-state index in [-0.39, 0.29) is 18.0 Å². The van der Waals surface area contributed by atoms with Crippen molar-refractivity contribution in [1.82, 2.24) is 0 Å². The van der Waals surface area contributed by atoms with Gasteiger partial charge in [-0.25, -0.2) is 4.39 Å². The zero-order valence-corrected chi connectivity index (χ0v) is 15.3. The summed E-state index contributed by atoms with van der Waals surface area (Å²) in [5.41, 5.74) is 4.09. The molecule has 0 fully saturated rings. The van der Waals surface area contributed by atoms with Gasteiger partial charge in [0, 0.05) is 5.69 Å². The molecule has 1 aliphatic heterocycles. The lowest BCUT2D eigenvalue weighted by atomic mass is 10.0. The molecule has 0 saturated heterocycles. The normalized spacial score (nSPS) is 19.1. The number of methoxy groups -OCH3 is 1. The summed E-state index contributed by atoms with van der Waals surface area (Å²) < 4.78 is 18.7. The predicted molar refractivity (Wildman–Crippen MR) is 107 cm³/mol. The largest absolute Gasteiger partial charge is 0.497 e. The van der Waals surface area contributed by atoms with Crippen molar-refractivity contribution in [3.63, 3.8) is 0 Å². The number of hydrogen-bond donors (Lipinski definition) is 0. The molecule has 0 spiro atoms. The Morgan fingerprint density at radius 3 is 2.19 bits per heavy atom. The second-order valence-electron chi connectivity index (χ2n) is 6.59. The third-order valence-corrected chi connectivity index (χ3v) is 4.95. The van der Waals surface area contributed by atoms with E-state index in [1.54, 1.807) is 19.2 Å². The zero-order valence-electron chi connectivity index (χ0n) is 15.3. The summed E-state index contributed by atoms with van der Waals surface area (Å²) >= 11 is 0. The SMILES string of the molecule is COc1ccc(N2C(C)C(c3ccc(F)cc3)=NC2c2ccccc2)cc1. The van der Waals surface area contributed by atoms with Gasteiger partial charge in [-0.15, -0.1) is 0 Å². The fourth-order valence-electron chi connectivity index (χ4n) is 3.56. The molecular formula is C23H21FN2O. The number of ether oxygens (including phenoxy) is 1. The molecule has 0 radical (unpaired) electrons. The Hall–Kier alpha value is -3.14. The van der Waals surface area contributed by atoms with Crippen molar-refractivity contribution in [2.75, 3.05) is 12.0 Å². The van der Waals surface area contributed by atoms with Crippen LogP contribution < -0.4 is 9.64 Å². The van der Waals surface area contributed by atoms with Crippen molar-refractivity contribution in [3.05, 3.63) is 95.8 Å². The number of halogens is 1. The summed E-state index contributed by atoms with van der Waals surface area (Å²) in [6, 6.07) is 24.9. The molecule has 3 nitrogen and oxygen atoms in total. The number of rotatable bonds is 4. The highest BCUT2D eigenvalue weighted by Gasteiger charge is 2.35. The van der Waals surface area contributed by atoms with Crippen LogP contribution in [0.15, 0.2) is 83.9 Å². The average molecular weight is 360 g/mol. The minimum atomic E-state index is -0.239. The van der Waals surface area contributed by atoms with Gasteiger partial charge in [-0.05, 0) is 54.4 Å². The molecule has 2 atom stereocenters. The van der Waals surface area contributed by atoms with Crippen LogP contribution in [0.5, 0.6) is 5.75 Å². The van der Waals surface area contributed by atoms with Crippen molar-refractivity contribution in [2.45, 2.75) is 19.1 Å². The van der Waals surface area contributed by atoms with E-state index >= 15 is 0 Å². The highest BCUT2D eigenvalue weighted by molar-refractivity contribution is 6.07. The van der Waals surface area contributed by atoms with Crippen LogP contribution in [0.25, 0.3) is 0 Å². The number of hydrogen-bond acceptors (Lipinski definition) is 3. The van der Waals surface area contributed by atoms with Crippen molar-refractivity contribution >= 4 is 11.4 Å². The highest BCUT2D eigenvalue weighted by Crippen LogP contribution is 2.37. The summed E-state index contributed by atoms with van der Waals surface area (Å²) in [4.78, 5) is 7.31. The summed E-state index contributed by atoms with van der Waals surface area (Å²) in [6.07, 6.45) is -0.130. The number of nitrogens with zero attached hydrogens (tertiary/aromatic N) is 2. The van der Waals surface area contributed by atoms with E-state index in [9.17, 15) is 4.39 Å². The number of anilines is 1. The van der Waals surface area contributed by atoms with Crippen LogP contribution in [0.3, 0.4) is 0 Å². The standard InChI is InChI=1S/C23H21FN2O/c1-16-22(17-8-10-19(24)11-9-17)25-23(18-6-4-3-5-7-18)26(16)20-12-14-21(27-2)15-13-20/h3-16,23H,1-2H3. The van der Waals surface area contributed by atoms with Crippen molar-refractivity contribution in [2.24, 2.45) is 4.99 Å². The molecule has 0 amide bonds. The maximum Gasteiger partial charge on any atom is 0.148 e. The quantitative estimate of drug-likeness (QED) is 0.636. The molecule has 27 heavy (non-hydrogen) atoms. The lowest BCUT2D eigenvalue weighted by Crippen LogP contribution is -2.35. The van der Waals surface area contributed by atoms with Gasteiger partial charge < -0.3 is 9.64 Å². The third-order valence-electron chi connectivity index (χ3n) is 4.95. The van der Waals surface area contributed by atoms with Crippen LogP contribution in [-0.4, -0.2) is 18.9 Å². The minimum Gasteiger partial charge on any atom is -0.497 e. The molecule has 1 heterocycles. The Labute approximate surface area is 158 Å². The second-order valence-corrected chi connectivity index (χ2v) is 6.59. The fraction of sp³-hybridized carbons (Fsp3) is 0.174. The molecule has 0 aromatic heterocycles.